The van der Waals surface area contributed by atoms with Gasteiger partial charge in [0.2, 0.25) is 0 Å². The van der Waals surface area contributed by atoms with Gasteiger partial charge < -0.3 is 14.8 Å². The second-order valence-corrected chi connectivity index (χ2v) is 7.14. The zero-order chi connectivity index (χ0) is 20.5. The third kappa shape index (κ3) is 3.55. The van der Waals surface area contributed by atoms with Crippen molar-refractivity contribution in [2.75, 3.05) is 6.61 Å². The van der Waals surface area contributed by atoms with Crippen LogP contribution in [0.5, 0.6) is 11.5 Å². The fraction of sp³-hybridized carbons (Fsp3) is 0.318. The Morgan fingerprint density at radius 1 is 1.31 bits per heavy atom. The first-order chi connectivity index (χ1) is 14.0. The van der Waals surface area contributed by atoms with E-state index in [2.05, 4.69) is 10.4 Å². The molecule has 0 spiro atoms. The Bertz CT molecular complexity index is 1150. The minimum absolute atomic E-state index is 0.130. The fourth-order valence-corrected chi connectivity index (χ4v) is 3.64. The van der Waals surface area contributed by atoms with Crippen molar-refractivity contribution in [2.45, 2.75) is 32.9 Å². The molecule has 0 fully saturated rings. The van der Waals surface area contributed by atoms with Crippen molar-refractivity contribution in [1.82, 2.24) is 15.1 Å². The number of benzene rings is 2. The summed E-state index contributed by atoms with van der Waals surface area (Å²) in [6.07, 6.45) is 0.973. The van der Waals surface area contributed by atoms with Gasteiger partial charge >= 0.3 is 0 Å². The lowest BCUT2D eigenvalue weighted by Crippen LogP contribution is -2.29. The second-order valence-electron chi connectivity index (χ2n) is 7.14. The van der Waals surface area contributed by atoms with Crippen LogP contribution in [0.1, 0.15) is 35.5 Å². The second kappa shape index (κ2) is 7.58. The van der Waals surface area contributed by atoms with Gasteiger partial charge in [-0.25, -0.2) is 4.68 Å². The molecule has 29 heavy (non-hydrogen) atoms. The molecular formula is C22H23N3O4. The maximum Gasteiger partial charge on any atom is 0.274 e. The highest BCUT2D eigenvalue weighted by Crippen LogP contribution is 2.35. The number of nitrogens with zero attached hydrogens (tertiary/aromatic N) is 2. The van der Waals surface area contributed by atoms with Crippen molar-refractivity contribution >= 4 is 16.7 Å². The molecular weight excluding hydrogens is 370 g/mol. The van der Waals surface area contributed by atoms with Crippen LogP contribution in [0.2, 0.25) is 0 Å². The Morgan fingerprint density at radius 3 is 2.83 bits per heavy atom. The van der Waals surface area contributed by atoms with Crippen LogP contribution in [0.4, 0.5) is 0 Å². The number of ether oxygens (including phenoxy) is 2. The zero-order valence-corrected chi connectivity index (χ0v) is 16.7. The first kappa shape index (κ1) is 19.0. The molecule has 1 amide bonds. The SMILES string of the molecule is CCOc1cc2c(cc1CNC(=O)c1nn(C)c(=O)c3ccccc13)O[C@@H](C)C2. The molecule has 7 heteroatoms. The van der Waals surface area contributed by atoms with Gasteiger partial charge in [0.25, 0.3) is 11.5 Å². The highest BCUT2D eigenvalue weighted by molar-refractivity contribution is 6.04. The van der Waals surface area contributed by atoms with Gasteiger partial charge in [0.15, 0.2) is 5.69 Å². The first-order valence-electron chi connectivity index (χ1n) is 9.67. The van der Waals surface area contributed by atoms with E-state index in [1.165, 1.54) is 11.7 Å². The number of rotatable bonds is 5. The van der Waals surface area contributed by atoms with E-state index < -0.39 is 0 Å². The normalized spacial score (nSPS) is 15.1. The number of aryl methyl sites for hydroxylation is 1. The van der Waals surface area contributed by atoms with Crippen LogP contribution < -0.4 is 20.3 Å². The summed E-state index contributed by atoms with van der Waals surface area (Å²) < 4.78 is 12.8. The topological polar surface area (TPSA) is 82.5 Å². The minimum atomic E-state index is -0.353. The smallest absolute Gasteiger partial charge is 0.274 e. The predicted octanol–water partition coefficient (Wildman–Crippen LogP) is 2.59. The van der Waals surface area contributed by atoms with Gasteiger partial charge in [0.05, 0.1) is 12.0 Å². The maximum atomic E-state index is 12.9. The van der Waals surface area contributed by atoms with Gasteiger partial charge in [0.1, 0.15) is 17.6 Å². The van der Waals surface area contributed by atoms with E-state index in [-0.39, 0.29) is 29.8 Å². The standard InChI is InChI=1S/C22H23N3O4/c1-4-28-18-10-14-9-13(2)29-19(14)11-15(18)12-23-21(26)20-16-7-5-6-8-17(16)22(27)25(3)24-20/h5-8,10-11,13H,4,9,12H2,1-3H3,(H,23,26)/t13-/m0/s1. The Labute approximate surface area is 168 Å². The molecule has 0 saturated carbocycles. The summed E-state index contributed by atoms with van der Waals surface area (Å²) in [6.45, 7) is 4.74. The molecule has 150 valence electrons. The molecule has 1 N–H and O–H groups in total. The Kier molecular flexibility index (Phi) is 4.96. The lowest BCUT2D eigenvalue weighted by Gasteiger charge is -2.14. The molecule has 0 bridgehead atoms. The van der Waals surface area contributed by atoms with Crippen LogP contribution in [0.25, 0.3) is 10.8 Å². The first-order valence-corrected chi connectivity index (χ1v) is 9.67. The molecule has 2 heterocycles. The summed E-state index contributed by atoms with van der Waals surface area (Å²) in [5.74, 6) is 1.22. The van der Waals surface area contributed by atoms with Crippen molar-refractivity contribution in [3.63, 3.8) is 0 Å². The molecule has 0 aliphatic carbocycles. The number of amides is 1. The quantitative estimate of drug-likeness (QED) is 0.721. The lowest BCUT2D eigenvalue weighted by atomic mass is 10.1. The summed E-state index contributed by atoms with van der Waals surface area (Å²) in [7, 11) is 1.54. The van der Waals surface area contributed by atoms with E-state index in [4.69, 9.17) is 9.47 Å². The summed E-state index contributed by atoms with van der Waals surface area (Å²) in [4.78, 5) is 25.2. The third-order valence-electron chi connectivity index (χ3n) is 4.99. The maximum absolute atomic E-state index is 12.9. The number of carbonyl (C=O) groups excluding carboxylic acids is 1. The summed E-state index contributed by atoms with van der Waals surface area (Å²) in [6, 6.07) is 10.9. The van der Waals surface area contributed by atoms with Crippen LogP contribution in [-0.2, 0) is 20.0 Å². The van der Waals surface area contributed by atoms with Crippen LogP contribution in [0, 0.1) is 0 Å². The molecule has 0 radical (unpaired) electrons. The van der Waals surface area contributed by atoms with Crippen molar-refractivity contribution in [3.05, 3.63) is 63.6 Å². The van der Waals surface area contributed by atoms with Gasteiger partial charge in [-0.2, -0.15) is 5.10 Å². The molecule has 2 aromatic carbocycles. The number of carbonyl (C=O) groups is 1. The molecule has 1 aromatic heterocycles. The predicted molar refractivity (Wildman–Crippen MR) is 110 cm³/mol. The zero-order valence-electron chi connectivity index (χ0n) is 16.7. The van der Waals surface area contributed by atoms with Gasteiger partial charge in [-0.1, -0.05) is 18.2 Å². The average molecular weight is 393 g/mol. The molecule has 0 unspecified atom stereocenters. The van der Waals surface area contributed by atoms with E-state index in [1.807, 2.05) is 26.0 Å². The minimum Gasteiger partial charge on any atom is -0.494 e. The van der Waals surface area contributed by atoms with Crippen LogP contribution in [0.15, 0.2) is 41.2 Å². The van der Waals surface area contributed by atoms with Crippen molar-refractivity contribution in [2.24, 2.45) is 7.05 Å². The van der Waals surface area contributed by atoms with E-state index in [1.54, 1.807) is 24.3 Å². The van der Waals surface area contributed by atoms with Gasteiger partial charge in [0, 0.05) is 36.5 Å². The van der Waals surface area contributed by atoms with Gasteiger partial charge in [-0.3, -0.25) is 9.59 Å². The highest BCUT2D eigenvalue weighted by atomic mass is 16.5. The van der Waals surface area contributed by atoms with Crippen LogP contribution >= 0.6 is 0 Å². The molecule has 1 aliphatic heterocycles. The molecule has 0 saturated heterocycles. The third-order valence-corrected chi connectivity index (χ3v) is 4.99. The van der Waals surface area contributed by atoms with Crippen molar-refractivity contribution in [1.29, 1.82) is 0 Å². The van der Waals surface area contributed by atoms with E-state index >= 15 is 0 Å². The molecule has 1 atom stereocenters. The van der Waals surface area contributed by atoms with Crippen molar-refractivity contribution < 1.29 is 14.3 Å². The average Bonchev–Trinajstić information content (AvgIpc) is 3.07. The number of fused-ring (bicyclic) bond motifs is 2. The van der Waals surface area contributed by atoms with Crippen molar-refractivity contribution in [3.8, 4) is 11.5 Å². The van der Waals surface area contributed by atoms with Crippen LogP contribution in [0.3, 0.4) is 0 Å². The monoisotopic (exact) mass is 393 g/mol. The molecule has 4 rings (SSSR count). The summed E-state index contributed by atoms with van der Waals surface area (Å²) in [5.41, 5.74) is 1.93. The summed E-state index contributed by atoms with van der Waals surface area (Å²) in [5, 5.41) is 8.07. The van der Waals surface area contributed by atoms with E-state index in [0.29, 0.717) is 17.4 Å². The Balaban J connectivity index is 1.63. The summed E-state index contributed by atoms with van der Waals surface area (Å²) >= 11 is 0. The fourth-order valence-electron chi connectivity index (χ4n) is 3.64. The Hall–Kier alpha value is -3.35. The Morgan fingerprint density at radius 2 is 2.07 bits per heavy atom. The number of aromatic nitrogens is 2. The number of hydrogen-bond donors (Lipinski definition) is 1. The van der Waals surface area contributed by atoms with Gasteiger partial charge in [-0.05, 0) is 32.0 Å². The number of nitrogens with one attached hydrogen (secondary N) is 1. The van der Waals surface area contributed by atoms with Crippen LogP contribution in [-0.4, -0.2) is 28.4 Å². The highest BCUT2D eigenvalue weighted by Gasteiger charge is 2.22. The lowest BCUT2D eigenvalue weighted by molar-refractivity contribution is 0.0945. The van der Waals surface area contributed by atoms with E-state index in [0.717, 1.165) is 29.0 Å². The number of hydrogen-bond acceptors (Lipinski definition) is 5. The van der Waals surface area contributed by atoms with Gasteiger partial charge in [-0.15, -0.1) is 0 Å². The van der Waals surface area contributed by atoms with E-state index in [9.17, 15) is 9.59 Å². The largest absolute Gasteiger partial charge is 0.494 e. The molecule has 1 aliphatic rings. The molecule has 3 aromatic rings. The molecule has 7 nitrogen and oxygen atoms in total.